The molecule has 3 N–H and O–H groups in total. The summed E-state index contributed by atoms with van der Waals surface area (Å²) in [5.74, 6) is -0.615. The smallest absolute Gasteiger partial charge is 0.264 e. The summed E-state index contributed by atoms with van der Waals surface area (Å²) < 4.78 is 40.7. The van der Waals surface area contributed by atoms with Gasteiger partial charge in [-0.3, -0.25) is 4.72 Å². The summed E-state index contributed by atoms with van der Waals surface area (Å²) in [6.45, 7) is 0. The summed E-state index contributed by atoms with van der Waals surface area (Å²) >= 11 is 4.37. The van der Waals surface area contributed by atoms with Crippen molar-refractivity contribution in [3.05, 3.63) is 46.7 Å². The van der Waals surface area contributed by atoms with Crippen LogP contribution in [0.15, 0.2) is 50.7 Å². The maximum Gasteiger partial charge on any atom is 0.264 e. The Morgan fingerprint density at radius 3 is 2.62 bits per heavy atom. The SMILES string of the molecule is CSc1ccccc1NS(=O)(=O)c1cc(Br)c(F)cc1N. The first-order chi connectivity index (χ1) is 9.85. The van der Waals surface area contributed by atoms with Gasteiger partial charge in [-0.2, -0.15) is 0 Å². The Labute approximate surface area is 135 Å². The number of sulfonamides is 1. The lowest BCUT2D eigenvalue weighted by molar-refractivity contribution is 0.599. The van der Waals surface area contributed by atoms with Crippen molar-refractivity contribution in [3.8, 4) is 0 Å². The molecule has 0 radical (unpaired) electrons. The molecule has 0 aromatic heterocycles. The molecule has 2 aromatic rings. The molecule has 112 valence electrons. The molecular weight excluding hydrogens is 379 g/mol. The fourth-order valence-electron chi connectivity index (χ4n) is 1.71. The quantitative estimate of drug-likeness (QED) is 0.616. The zero-order valence-corrected chi connectivity index (χ0v) is 14.1. The van der Waals surface area contributed by atoms with Crippen molar-refractivity contribution in [1.29, 1.82) is 0 Å². The Morgan fingerprint density at radius 2 is 1.95 bits per heavy atom. The van der Waals surface area contributed by atoms with E-state index in [1.807, 2.05) is 12.3 Å². The lowest BCUT2D eigenvalue weighted by Gasteiger charge is -2.13. The van der Waals surface area contributed by atoms with Gasteiger partial charge in [0, 0.05) is 4.90 Å². The predicted molar refractivity (Wildman–Crippen MR) is 87.5 cm³/mol. The Hall–Kier alpha value is -1.25. The zero-order valence-electron chi connectivity index (χ0n) is 10.9. The van der Waals surface area contributed by atoms with Gasteiger partial charge in [-0.15, -0.1) is 11.8 Å². The van der Waals surface area contributed by atoms with E-state index in [0.29, 0.717) is 5.69 Å². The fourth-order valence-corrected chi connectivity index (χ4v) is 4.04. The van der Waals surface area contributed by atoms with Gasteiger partial charge in [-0.05, 0) is 46.5 Å². The minimum absolute atomic E-state index is 0.0372. The molecule has 0 unspecified atom stereocenters. The van der Waals surface area contributed by atoms with Crippen LogP contribution in [0.25, 0.3) is 0 Å². The standard InChI is InChI=1S/C13H12BrFN2O2S2/c1-20-12-5-3-2-4-11(12)17-21(18,19)13-6-8(14)9(15)7-10(13)16/h2-7,17H,16H2,1H3. The van der Waals surface area contributed by atoms with E-state index in [9.17, 15) is 12.8 Å². The van der Waals surface area contributed by atoms with Crippen LogP contribution in [0.1, 0.15) is 0 Å². The van der Waals surface area contributed by atoms with Gasteiger partial charge in [0.1, 0.15) is 10.7 Å². The largest absolute Gasteiger partial charge is 0.398 e. The Morgan fingerprint density at radius 1 is 1.29 bits per heavy atom. The monoisotopic (exact) mass is 390 g/mol. The fraction of sp³-hybridized carbons (Fsp3) is 0.0769. The van der Waals surface area contributed by atoms with Crippen LogP contribution in [-0.4, -0.2) is 14.7 Å². The molecule has 2 aromatic carbocycles. The van der Waals surface area contributed by atoms with Gasteiger partial charge in [0.15, 0.2) is 0 Å². The molecule has 0 saturated carbocycles. The minimum atomic E-state index is -3.90. The van der Waals surface area contributed by atoms with Crippen molar-refractivity contribution in [3.63, 3.8) is 0 Å². The van der Waals surface area contributed by atoms with Gasteiger partial charge >= 0.3 is 0 Å². The van der Waals surface area contributed by atoms with Gasteiger partial charge in [0.2, 0.25) is 0 Å². The van der Waals surface area contributed by atoms with Crippen molar-refractivity contribution in [2.75, 3.05) is 16.7 Å². The van der Waals surface area contributed by atoms with E-state index < -0.39 is 15.8 Å². The second-order valence-corrected chi connectivity index (χ2v) is 7.46. The van der Waals surface area contributed by atoms with E-state index in [0.717, 1.165) is 17.0 Å². The molecule has 0 aliphatic heterocycles. The first kappa shape index (κ1) is 16.1. The van der Waals surface area contributed by atoms with Crippen molar-refractivity contribution in [2.24, 2.45) is 0 Å². The Kier molecular flexibility index (Phi) is 4.80. The van der Waals surface area contributed by atoms with E-state index >= 15 is 0 Å². The molecule has 0 aliphatic rings. The van der Waals surface area contributed by atoms with Gasteiger partial charge in [-0.1, -0.05) is 12.1 Å². The molecule has 4 nitrogen and oxygen atoms in total. The summed E-state index contributed by atoms with van der Waals surface area (Å²) in [4.78, 5) is 0.604. The molecular formula is C13H12BrFN2O2S2. The van der Waals surface area contributed by atoms with Crippen LogP contribution in [0.3, 0.4) is 0 Å². The number of rotatable bonds is 4. The second kappa shape index (κ2) is 6.25. The molecule has 0 atom stereocenters. The van der Waals surface area contributed by atoms with E-state index in [4.69, 9.17) is 5.73 Å². The normalized spacial score (nSPS) is 11.4. The number of halogens is 2. The Bertz CT molecular complexity index is 782. The average molecular weight is 391 g/mol. The number of nitrogens with one attached hydrogen (secondary N) is 1. The van der Waals surface area contributed by atoms with Gasteiger partial charge < -0.3 is 5.73 Å². The molecule has 0 amide bonds. The third-order valence-electron chi connectivity index (χ3n) is 2.69. The van der Waals surface area contributed by atoms with Crippen molar-refractivity contribution >= 4 is 49.1 Å². The third kappa shape index (κ3) is 3.50. The van der Waals surface area contributed by atoms with E-state index in [1.165, 1.54) is 11.8 Å². The third-order valence-corrected chi connectivity index (χ3v) is 5.52. The molecule has 0 saturated heterocycles. The molecule has 0 spiro atoms. The highest BCUT2D eigenvalue weighted by Crippen LogP contribution is 2.30. The molecule has 21 heavy (non-hydrogen) atoms. The van der Waals surface area contributed by atoms with Crippen LogP contribution in [-0.2, 0) is 10.0 Å². The maximum atomic E-state index is 13.3. The first-order valence-corrected chi connectivity index (χ1v) is 9.25. The summed E-state index contributed by atoms with van der Waals surface area (Å²) in [7, 11) is -3.90. The second-order valence-electron chi connectivity index (χ2n) is 4.11. The molecule has 0 heterocycles. The molecule has 2 rings (SSSR count). The number of hydrogen-bond donors (Lipinski definition) is 2. The zero-order chi connectivity index (χ0) is 15.6. The van der Waals surface area contributed by atoms with Crippen LogP contribution < -0.4 is 10.5 Å². The molecule has 0 bridgehead atoms. The van der Waals surface area contributed by atoms with E-state index in [-0.39, 0.29) is 15.1 Å². The molecule has 0 fully saturated rings. The highest BCUT2D eigenvalue weighted by atomic mass is 79.9. The number of nitrogens with two attached hydrogens (primary N) is 1. The summed E-state index contributed by atoms with van der Waals surface area (Å²) in [6, 6.07) is 9.10. The van der Waals surface area contributed by atoms with Crippen molar-refractivity contribution < 1.29 is 12.8 Å². The molecule has 8 heteroatoms. The number of para-hydroxylation sites is 1. The maximum absolute atomic E-state index is 13.3. The van der Waals surface area contributed by atoms with Gasteiger partial charge in [0.05, 0.1) is 15.8 Å². The number of benzene rings is 2. The summed E-state index contributed by atoms with van der Waals surface area (Å²) in [6.07, 6.45) is 1.84. The van der Waals surface area contributed by atoms with E-state index in [1.54, 1.807) is 18.2 Å². The van der Waals surface area contributed by atoms with Gasteiger partial charge in [-0.25, -0.2) is 12.8 Å². The average Bonchev–Trinajstić information content (AvgIpc) is 2.43. The number of hydrogen-bond acceptors (Lipinski definition) is 4. The topological polar surface area (TPSA) is 72.2 Å². The lowest BCUT2D eigenvalue weighted by atomic mass is 10.3. The highest BCUT2D eigenvalue weighted by Gasteiger charge is 2.20. The van der Waals surface area contributed by atoms with Gasteiger partial charge in [0.25, 0.3) is 10.0 Å². The van der Waals surface area contributed by atoms with Crippen molar-refractivity contribution in [1.82, 2.24) is 0 Å². The summed E-state index contributed by atoms with van der Waals surface area (Å²) in [5.41, 5.74) is 5.92. The molecule has 0 aliphatic carbocycles. The van der Waals surface area contributed by atoms with Crippen LogP contribution >= 0.6 is 27.7 Å². The minimum Gasteiger partial charge on any atom is -0.398 e. The lowest BCUT2D eigenvalue weighted by Crippen LogP contribution is -2.15. The Balaban J connectivity index is 2.46. The van der Waals surface area contributed by atoms with E-state index in [2.05, 4.69) is 20.7 Å². The summed E-state index contributed by atoms with van der Waals surface area (Å²) in [5, 5.41) is 0. The number of thioether (sulfide) groups is 1. The van der Waals surface area contributed by atoms with Crippen molar-refractivity contribution in [2.45, 2.75) is 9.79 Å². The highest BCUT2D eigenvalue weighted by molar-refractivity contribution is 9.10. The number of nitrogen functional groups attached to an aromatic ring is 1. The van der Waals surface area contributed by atoms with Crippen LogP contribution in [0, 0.1) is 5.82 Å². The predicted octanol–water partition coefficient (Wildman–Crippen LogP) is 3.69. The van der Waals surface area contributed by atoms with Crippen LogP contribution in [0.5, 0.6) is 0 Å². The number of anilines is 2. The first-order valence-electron chi connectivity index (χ1n) is 5.75. The van der Waals surface area contributed by atoms with Crippen LogP contribution in [0.4, 0.5) is 15.8 Å². The van der Waals surface area contributed by atoms with Crippen LogP contribution in [0.2, 0.25) is 0 Å².